The minimum Gasteiger partial charge on any atom is -0.495 e. The lowest BCUT2D eigenvalue weighted by molar-refractivity contribution is 0.0376. The van der Waals surface area contributed by atoms with E-state index >= 15 is 0 Å². The number of anilines is 1. The predicted molar refractivity (Wildman–Crippen MR) is 141 cm³/mol. The van der Waals surface area contributed by atoms with Crippen LogP contribution in [0.3, 0.4) is 0 Å². The third kappa shape index (κ3) is 6.07. The molecule has 11 heteroatoms. The maximum Gasteiger partial charge on any atom is 0.337 e. The molecule has 9 nitrogen and oxygen atoms in total. The Kier molecular flexibility index (Phi) is 9.89. The number of nitrogens with zero attached hydrogens (tertiary/aromatic N) is 3. The predicted octanol–water partition coefficient (Wildman–Crippen LogP) is 3.89. The van der Waals surface area contributed by atoms with Gasteiger partial charge in [0.2, 0.25) is 0 Å². The van der Waals surface area contributed by atoms with E-state index in [1.54, 1.807) is 49.5 Å². The van der Waals surface area contributed by atoms with Gasteiger partial charge in [-0.1, -0.05) is 11.3 Å². The Morgan fingerprint density at radius 1 is 1.00 bits per heavy atom. The zero-order valence-corrected chi connectivity index (χ0v) is 22.2. The first-order chi connectivity index (χ1) is 17.0. The zero-order chi connectivity index (χ0) is 24.8. The first-order valence-electron chi connectivity index (χ1n) is 11.4. The number of aromatic nitrogens is 1. The molecule has 0 unspecified atom stereocenters. The molecule has 2 aromatic carbocycles. The van der Waals surface area contributed by atoms with Crippen molar-refractivity contribution in [1.82, 2.24) is 9.88 Å². The van der Waals surface area contributed by atoms with Crippen LogP contribution in [0.25, 0.3) is 10.2 Å². The fraction of sp³-hybridized carbons (Fsp3) is 0.400. The van der Waals surface area contributed by atoms with Crippen molar-refractivity contribution in [2.75, 3.05) is 65.6 Å². The lowest BCUT2D eigenvalue weighted by Crippen LogP contribution is -2.39. The van der Waals surface area contributed by atoms with E-state index in [4.69, 9.17) is 23.9 Å². The van der Waals surface area contributed by atoms with E-state index < -0.39 is 5.97 Å². The number of halogens is 1. The molecule has 0 spiro atoms. The molecule has 1 saturated heterocycles. The lowest BCUT2D eigenvalue weighted by atomic mass is 10.1. The molecule has 1 fully saturated rings. The van der Waals surface area contributed by atoms with Crippen molar-refractivity contribution in [2.24, 2.45) is 0 Å². The molecule has 0 aliphatic carbocycles. The number of methoxy groups -OCH3 is 3. The summed E-state index contributed by atoms with van der Waals surface area (Å²) in [5.41, 5.74) is 1.50. The number of fused-ring (bicyclic) bond motifs is 1. The molecule has 4 rings (SSSR count). The van der Waals surface area contributed by atoms with Gasteiger partial charge in [-0.15, -0.1) is 12.4 Å². The van der Waals surface area contributed by atoms with Gasteiger partial charge in [-0.05, 0) is 42.8 Å². The molecule has 1 aromatic heterocycles. The van der Waals surface area contributed by atoms with Crippen LogP contribution in [0.1, 0.15) is 27.1 Å². The molecular formula is C25H30ClN3O6S. The smallest absolute Gasteiger partial charge is 0.337 e. The number of rotatable bonds is 9. The van der Waals surface area contributed by atoms with E-state index in [0.717, 1.165) is 44.0 Å². The second-order valence-electron chi connectivity index (χ2n) is 7.98. The van der Waals surface area contributed by atoms with Crippen molar-refractivity contribution in [3.05, 3.63) is 47.5 Å². The molecular weight excluding hydrogens is 506 g/mol. The third-order valence-electron chi connectivity index (χ3n) is 5.89. The Hall–Kier alpha value is -2.92. The third-order valence-corrected chi connectivity index (χ3v) is 6.98. The highest BCUT2D eigenvalue weighted by molar-refractivity contribution is 7.22. The van der Waals surface area contributed by atoms with E-state index in [1.807, 2.05) is 6.07 Å². The van der Waals surface area contributed by atoms with E-state index in [-0.39, 0.29) is 18.3 Å². The number of carbonyl (C=O) groups excluding carboxylic acids is 2. The van der Waals surface area contributed by atoms with Crippen molar-refractivity contribution in [2.45, 2.75) is 6.42 Å². The first-order valence-corrected chi connectivity index (χ1v) is 12.2. The van der Waals surface area contributed by atoms with Crippen molar-refractivity contribution in [1.29, 1.82) is 0 Å². The molecule has 1 aliphatic heterocycles. The topological polar surface area (TPSA) is 90.4 Å². The van der Waals surface area contributed by atoms with Crippen LogP contribution in [-0.2, 0) is 9.47 Å². The number of morpholine rings is 1. The number of thiazole rings is 1. The van der Waals surface area contributed by atoms with Crippen LogP contribution in [-0.4, -0.2) is 82.5 Å². The second-order valence-corrected chi connectivity index (χ2v) is 8.96. The molecule has 0 radical (unpaired) electrons. The normalized spacial score (nSPS) is 13.6. The number of amides is 1. The van der Waals surface area contributed by atoms with Gasteiger partial charge in [0.15, 0.2) is 5.13 Å². The van der Waals surface area contributed by atoms with Gasteiger partial charge in [-0.25, -0.2) is 9.78 Å². The second kappa shape index (κ2) is 12.9. The number of carbonyl (C=O) groups is 2. The van der Waals surface area contributed by atoms with E-state index in [2.05, 4.69) is 4.90 Å². The number of esters is 1. The van der Waals surface area contributed by atoms with Gasteiger partial charge < -0.3 is 18.9 Å². The number of hydrogen-bond acceptors (Lipinski definition) is 9. The number of hydrogen-bond donors (Lipinski definition) is 0. The summed E-state index contributed by atoms with van der Waals surface area (Å²) < 4.78 is 22.0. The summed E-state index contributed by atoms with van der Waals surface area (Å²) in [7, 11) is 4.52. The summed E-state index contributed by atoms with van der Waals surface area (Å²) in [5, 5.41) is 0.562. The minimum atomic E-state index is -0.447. The van der Waals surface area contributed by atoms with Crippen LogP contribution in [0.5, 0.6) is 11.5 Å². The van der Waals surface area contributed by atoms with Crippen LogP contribution < -0.4 is 14.4 Å². The molecule has 0 atom stereocenters. The molecule has 3 aromatic rings. The standard InChI is InChI=1S/C25H29N3O6S.ClH/c1-31-19-9-10-20(32-2)22-21(19)26-25(35-22)28(12-4-11-27-13-15-34-16-14-27)23(29)17-5-7-18(8-6-17)24(30)33-3;/h5-10H,4,11-16H2,1-3H3;1H. The molecule has 2 heterocycles. The summed E-state index contributed by atoms with van der Waals surface area (Å²) in [6.07, 6.45) is 0.774. The summed E-state index contributed by atoms with van der Waals surface area (Å²) in [4.78, 5) is 34.2. The van der Waals surface area contributed by atoms with Crippen LogP contribution >= 0.6 is 23.7 Å². The lowest BCUT2D eigenvalue weighted by Gasteiger charge is -2.27. The average molecular weight is 536 g/mol. The Bertz CT molecular complexity index is 1140. The summed E-state index contributed by atoms with van der Waals surface area (Å²) in [5.74, 6) is 0.649. The molecule has 194 valence electrons. The molecule has 36 heavy (non-hydrogen) atoms. The zero-order valence-electron chi connectivity index (χ0n) is 20.5. The van der Waals surface area contributed by atoms with Crippen LogP contribution in [0.15, 0.2) is 36.4 Å². The Labute approximate surface area is 220 Å². The highest BCUT2D eigenvalue weighted by atomic mass is 35.5. The summed E-state index contributed by atoms with van der Waals surface area (Å²) in [6.45, 7) is 4.57. The van der Waals surface area contributed by atoms with Gasteiger partial charge in [-0.3, -0.25) is 14.6 Å². The van der Waals surface area contributed by atoms with Crippen LogP contribution in [0, 0.1) is 0 Å². The van der Waals surface area contributed by atoms with Gasteiger partial charge >= 0.3 is 5.97 Å². The van der Waals surface area contributed by atoms with E-state index in [1.165, 1.54) is 18.4 Å². The Morgan fingerprint density at radius 3 is 2.28 bits per heavy atom. The van der Waals surface area contributed by atoms with Gasteiger partial charge in [-0.2, -0.15) is 0 Å². The Morgan fingerprint density at radius 2 is 1.64 bits per heavy atom. The van der Waals surface area contributed by atoms with Crippen molar-refractivity contribution in [3.63, 3.8) is 0 Å². The van der Waals surface area contributed by atoms with Gasteiger partial charge in [0, 0.05) is 31.7 Å². The van der Waals surface area contributed by atoms with E-state index in [0.29, 0.717) is 39.8 Å². The van der Waals surface area contributed by atoms with Gasteiger partial charge in [0.25, 0.3) is 5.91 Å². The average Bonchev–Trinajstić information content (AvgIpc) is 3.35. The summed E-state index contributed by atoms with van der Waals surface area (Å²) in [6, 6.07) is 10.1. The highest BCUT2D eigenvalue weighted by Gasteiger charge is 2.24. The van der Waals surface area contributed by atoms with Crippen LogP contribution in [0.2, 0.25) is 0 Å². The van der Waals surface area contributed by atoms with Gasteiger partial charge in [0.1, 0.15) is 21.7 Å². The number of ether oxygens (including phenoxy) is 4. The molecule has 0 saturated carbocycles. The van der Waals surface area contributed by atoms with Gasteiger partial charge in [0.05, 0.1) is 40.1 Å². The quantitative estimate of drug-likeness (QED) is 0.381. The molecule has 1 aliphatic rings. The highest BCUT2D eigenvalue weighted by Crippen LogP contribution is 2.40. The molecule has 0 N–H and O–H groups in total. The van der Waals surface area contributed by atoms with Crippen LogP contribution in [0.4, 0.5) is 5.13 Å². The maximum absolute atomic E-state index is 13.6. The van der Waals surface area contributed by atoms with Crippen molar-refractivity contribution >= 4 is 51.0 Å². The first kappa shape index (κ1) is 27.7. The molecule has 0 bridgehead atoms. The fourth-order valence-electron chi connectivity index (χ4n) is 3.97. The number of benzene rings is 2. The fourth-order valence-corrected chi connectivity index (χ4v) is 5.07. The minimum absolute atomic E-state index is 0. The molecule has 1 amide bonds. The Balaban J connectivity index is 0.00000361. The maximum atomic E-state index is 13.6. The van der Waals surface area contributed by atoms with E-state index in [9.17, 15) is 9.59 Å². The van der Waals surface area contributed by atoms with Crippen molar-refractivity contribution < 1.29 is 28.5 Å². The van der Waals surface area contributed by atoms with Crippen molar-refractivity contribution in [3.8, 4) is 11.5 Å². The SMILES string of the molecule is COC(=O)c1ccc(C(=O)N(CCCN2CCOCC2)c2nc3c(OC)ccc(OC)c3s2)cc1.Cl. The largest absolute Gasteiger partial charge is 0.495 e. The monoisotopic (exact) mass is 535 g/mol. The summed E-state index contributed by atoms with van der Waals surface area (Å²) >= 11 is 1.39.